The smallest absolute Gasteiger partial charge is 0.379 e. The molecule has 0 aliphatic carbocycles. The SMILES string of the molecule is C=C1/C=C\C(C(F)(F)C(=O)O)=C/CN(Cc2c(C)cccc2C#N)/C=C\1C. The van der Waals surface area contributed by atoms with Gasteiger partial charge in [-0.25, -0.2) is 4.79 Å². The van der Waals surface area contributed by atoms with Gasteiger partial charge in [-0.15, -0.1) is 0 Å². The minimum atomic E-state index is -4.00. The molecule has 1 aliphatic rings. The zero-order chi connectivity index (χ0) is 20.2. The molecule has 140 valence electrons. The summed E-state index contributed by atoms with van der Waals surface area (Å²) in [6, 6.07) is 7.51. The van der Waals surface area contributed by atoms with Gasteiger partial charge >= 0.3 is 11.9 Å². The number of hydrogen-bond acceptors (Lipinski definition) is 3. The van der Waals surface area contributed by atoms with Gasteiger partial charge in [-0.3, -0.25) is 0 Å². The molecule has 0 atom stereocenters. The number of aliphatic carboxylic acids is 1. The van der Waals surface area contributed by atoms with Crippen molar-refractivity contribution >= 4 is 5.97 Å². The minimum Gasteiger partial charge on any atom is -0.477 e. The largest absolute Gasteiger partial charge is 0.477 e. The van der Waals surface area contributed by atoms with Gasteiger partial charge in [0, 0.05) is 24.9 Å². The highest BCUT2D eigenvalue weighted by atomic mass is 19.3. The van der Waals surface area contributed by atoms with E-state index < -0.39 is 17.5 Å². The van der Waals surface area contributed by atoms with Crippen LogP contribution in [0.25, 0.3) is 0 Å². The van der Waals surface area contributed by atoms with Crippen LogP contribution in [0.4, 0.5) is 8.78 Å². The van der Waals surface area contributed by atoms with Crippen molar-refractivity contribution in [1.29, 1.82) is 5.26 Å². The van der Waals surface area contributed by atoms with E-state index in [0.717, 1.165) is 22.8 Å². The first kappa shape index (κ1) is 20.1. The van der Waals surface area contributed by atoms with E-state index in [2.05, 4.69) is 12.6 Å². The molecule has 1 aliphatic heterocycles. The highest BCUT2D eigenvalue weighted by Crippen LogP contribution is 2.28. The van der Waals surface area contributed by atoms with Gasteiger partial charge in [0.2, 0.25) is 0 Å². The number of carboxylic acids is 1. The van der Waals surface area contributed by atoms with Crippen molar-refractivity contribution in [2.45, 2.75) is 26.3 Å². The number of allylic oxidation sites excluding steroid dienone is 4. The predicted octanol–water partition coefficient (Wildman–Crippen LogP) is 4.34. The Morgan fingerprint density at radius 2 is 2.07 bits per heavy atom. The van der Waals surface area contributed by atoms with E-state index in [-0.39, 0.29) is 6.54 Å². The average molecular weight is 370 g/mol. The van der Waals surface area contributed by atoms with Gasteiger partial charge in [0.05, 0.1) is 11.6 Å². The molecule has 1 heterocycles. The number of rotatable bonds is 4. The van der Waals surface area contributed by atoms with Crippen molar-refractivity contribution in [1.82, 2.24) is 4.90 Å². The number of hydrogen-bond donors (Lipinski definition) is 1. The van der Waals surface area contributed by atoms with E-state index in [0.29, 0.717) is 17.7 Å². The van der Waals surface area contributed by atoms with Gasteiger partial charge in [0.15, 0.2) is 0 Å². The van der Waals surface area contributed by atoms with Crippen LogP contribution in [-0.2, 0) is 11.3 Å². The van der Waals surface area contributed by atoms with E-state index >= 15 is 0 Å². The van der Waals surface area contributed by atoms with Crippen molar-refractivity contribution < 1.29 is 18.7 Å². The maximum Gasteiger partial charge on any atom is 0.379 e. The third-order valence-electron chi connectivity index (χ3n) is 4.42. The van der Waals surface area contributed by atoms with Crippen molar-refractivity contribution in [3.63, 3.8) is 0 Å². The van der Waals surface area contributed by atoms with E-state index in [9.17, 15) is 18.8 Å². The maximum absolute atomic E-state index is 14.0. The van der Waals surface area contributed by atoms with Crippen LogP contribution < -0.4 is 0 Å². The molecule has 0 saturated heterocycles. The molecular weight excluding hydrogens is 350 g/mol. The summed E-state index contributed by atoms with van der Waals surface area (Å²) < 4.78 is 28.0. The lowest BCUT2D eigenvalue weighted by atomic mass is 10.0. The molecule has 0 spiro atoms. The maximum atomic E-state index is 14.0. The van der Waals surface area contributed by atoms with Gasteiger partial charge in [0.25, 0.3) is 0 Å². The average Bonchev–Trinajstić information content (AvgIpc) is 2.67. The molecule has 6 heteroatoms. The van der Waals surface area contributed by atoms with Gasteiger partial charge in [-0.1, -0.05) is 36.9 Å². The molecular formula is C21H20F2N2O2. The van der Waals surface area contributed by atoms with Gasteiger partial charge in [0.1, 0.15) is 0 Å². The fraction of sp³-hybridized carbons (Fsp3) is 0.238. The van der Waals surface area contributed by atoms with Crippen LogP contribution >= 0.6 is 0 Å². The zero-order valence-electron chi connectivity index (χ0n) is 15.2. The number of alkyl halides is 2. The van der Waals surface area contributed by atoms with Gasteiger partial charge < -0.3 is 10.0 Å². The Balaban J connectivity index is 2.45. The summed E-state index contributed by atoms with van der Waals surface area (Å²) >= 11 is 0. The van der Waals surface area contributed by atoms with Crippen LogP contribution in [-0.4, -0.2) is 28.4 Å². The number of carboxylic acid groups (broad SMARTS) is 1. The zero-order valence-corrected chi connectivity index (χ0v) is 15.2. The number of aryl methyl sites for hydroxylation is 1. The van der Waals surface area contributed by atoms with E-state index in [4.69, 9.17) is 5.11 Å². The summed E-state index contributed by atoms with van der Waals surface area (Å²) in [4.78, 5) is 12.7. The molecule has 4 nitrogen and oxygen atoms in total. The number of nitrogens with zero attached hydrogens (tertiary/aromatic N) is 2. The minimum absolute atomic E-state index is 0.0619. The molecule has 1 aromatic rings. The normalized spacial score (nSPS) is 20.3. The molecule has 27 heavy (non-hydrogen) atoms. The topological polar surface area (TPSA) is 64.3 Å². The van der Waals surface area contributed by atoms with E-state index in [1.807, 2.05) is 13.0 Å². The standard InChI is InChI=1S/C21H20F2N2O2/c1-14-7-8-18(21(22,23)20(26)27)9-10-25(12-16(14)3)13-19-15(2)5-4-6-17(19)11-24/h4-9,12H,1,10,13H2,2-3H3,(H,26,27)/b8-7-,16-12-,18-9+. The Bertz CT molecular complexity index is 905. The summed E-state index contributed by atoms with van der Waals surface area (Å²) in [5, 5.41) is 18.2. The molecule has 0 saturated carbocycles. The van der Waals surface area contributed by atoms with Gasteiger partial charge in [-0.05, 0) is 42.2 Å². The first-order chi connectivity index (χ1) is 12.7. The van der Waals surface area contributed by atoms with Crippen molar-refractivity contribution in [3.05, 3.63) is 82.6 Å². The number of nitriles is 1. The summed E-state index contributed by atoms with van der Waals surface area (Å²) in [6.45, 7) is 7.90. The molecule has 0 radical (unpaired) electrons. The van der Waals surface area contributed by atoms with Crippen LogP contribution in [0.1, 0.15) is 23.6 Å². The fourth-order valence-electron chi connectivity index (χ4n) is 2.70. The van der Waals surface area contributed by atoms with Crippen LogP contribution in [0.3, 0.4) is 0 Å². The van der Waals surface area contributed by atoms with E-state index in [1.165, 1.54) is 12.2 Å². The molecule has 0 amide bonds. The number of benzene rings is 1. The van der Waals surface area contributed by atoms with Gasteiger partial charge in [-0.2, -0.15) is 14.0 Å². The summed E-state index contributed by atoms with van der Waals surface area (Å²) in [7, 11) is 0. The highest BCUT2D eigenvalue weighted by Gasteiger charge is 2.42. The molecule has 1 aromatic carbocycles. The second-order valence-electron chi connectivity index (χ2n) is 6.35. The Kier molecular flexibility index (Phi) is 5.96. The molecule has 2 rings (SSSR count). The Morgan fingerprint density at radius 3 is 2.70 bits per heavy atom. The molecule has 0 unspecified atom stereocenters. The molecule has 0 bridgehead atoms. The monoisotopic (exact) mass is 370 g/mol. The highest BCUT2D eigenvalue weighted by molar-refractivity contribution is 5.80. The molecule has 1 N–H and O–H groups in total. The predicted molar refractivity (Wildman–Crippen MR) is 99.0 cm³/mol. The van der Waals surface area contributed by atoms with Crippen LogP contribution in [0, 0.1) is 18.3 Å². The second-order valence-corrected chi connectivity index (χ2v) is 6.35. The van der Waals surface area contributed by atoms with Crippen LogP contribution in [0.15, 0.2) is 65.9 Å². The van der Waals surface area contributed by atoms with Crippen molar-refractivity contribution in [2.75, 3.05) is 6.54 Å². The first-order valence-electron chi connectivity index (χ1n) is 8.27. The molecule has 0 fully saturated rings. The first-order valence-corrected chi connectivity index (χ1v) is 8.27. The van der Waals surface area contributed by atoms with Crippen LogP contribution in [0.2, 0.25) is 0 Å². The quantitative estimate of drug-likeness (QED) is 0.856. The second kappa shape index (κ2) is 8.00. The van der Waals surface area contributed by atoms with Crippen molar-refractivity contribution in [3.8, 4) is 6.07 Å². The Morgan fingerprint density at radius 1 is 1.37 bits per heavy atom. The summed E-state index contributed by atoms with van der Waals surface area (Å²) in [6.07, 6.45) is 5.44. The Hall–Kier alpha value is -3.20. The lowest BCUT2D eigenvalue weighted by Crippen LogP contribution is -2.30. The van der Waals surface area contributed by atoms with Crippen LogP contribution in [0.5, 0.6) is 0 Å². The van der Waals surface area contributed by atoms with E-state index in [1.54, 1.807) is 30.2 Å². The lowest BCUT2D eigenvalue weighted by Gasteiger charge is -2.22. The summed E-state index contributed by atoms with van der Waals surface area (Å²) in [5.74, 6) is -6.20. The third-order valence-corrected chi connectivity index (χ3v) is 4.42. The lowest BCUT2D eigenvalue weighted by molar-refractivity contribution is -0.158. The number of halogens is 2. The fourth-order valence-corrected chi connectivity index (χ4v) is 2.70. The summed E-state index contributed by atoms with van der Waals surface area (Å²) in [5.41, 5.74) is 2.87. The third kappa shape index (κ3) is 4.50. The van der Waals surface area contributed by atoms with Crippen molar-refractivity contribution in [2.24, 2.45) is 0 Å². The molecule has 0 aromatic heterocycles. The Labute approximate surface area is 157 Å². The number of carbonyl (C=O) groups is 1.